The van der Waals surface area contributed by atoms with E-state index in [-0.39, 0.29) is 5.91 Å². The van der Waals surface area contributed by atoms with Gasteiger partial charge < -0.3 is 15.5 Å². The number of hydrogen-bond acceptors (Lipinski definition) is 3. The van der Waals surface area contributed by atoms with Crippen molar-refractivity contribution < 1.29 is 4.79 Å². The van der Waals surface area contributed by atoms with E-state index in [4.69, 9.17) is 4.99 Å². The highest BCUT2D eigenvalue weighted by Crippen LogP contribution is 2.41. The van der Waals surface area contributed by atoms with E-state index in [0.29, 0.717) is 18.0 Å². The summed E-state index contributed by atoms with van der Waals surface area (Å²) in [6.45, 7) is 10.6. The first-order chi connectivity index (χ1) is 12.6. The molecule has 2 N–H and O–H groups in total. The Morgan fingerprint density at radius 1 is 1.12 bits per heavy atom. The summed E-state index contributed by atoms with van der Waals surface area (Å²) in [5.41, 5.74) is 0.434. The minimum absolute atomic E-state index is 0.188. The van der Waals surface area contributed by atoms with E-state index in [2.05, 4.69) is 34.3 Å². The summed E-state index contributed by atoms with van der Waals surface area (Å²) in [6, 6.07) is 0.456. The summed E-state index contributed by atoms with van der Waals surface area (Å²) in [5.74, 6) is 1.25. The first kappa shape index (κ1) is 19.5. The van der Waals surface area contributed by atoms with E-state index < -0.39 is 0 Å². The molecule has 1 amide bonds. The second-order valence-corrected chi connectivity index (χ2v) is 8.34. The van der Waals surface area contributed by atoms with Gasteiger partial charge in [-0.05, 0) is 44.4 Å². The molecular weight excluding hydrogens is 326 g/mol. The summed E-state index contributed by atoms with van der Waals surface area (Å²) in [7, 11) is 0. The van der Waals surface area contributed by atoms with Crippen molar-refractivity contribution in [2.24, 2.45) is 10.4 Å². The highest BCUT2D eigenvalue weighted by atomic mass is 16.2. The predicted molar refractivity (Wildman–Crippen MR) is 106 cm³/mol. The molecule has 0 aromatic carbocycles. The van der Waals surface area contributed by atoms with Crippen molar-refractivity contribution in [3.8, 4) is 0 Å². The Morgan fingerprint density at radius 3 is 2.38 bits per heavy atom. The third kappa shape index (κ3) is 5.35. The van der Waals surface area contributed by atoms with E-state index >= 15 is 0 Å². The fraction of sp³-hybridized carbons (Fsp3) is 0.900. The summed E-state index contributed by atoms with van der Waals surface area (Å²) in [6.07, 6.45) is 8.93. The van der Waals surface area contributed by atoms with Crippen LogP contribution in [0.1, 0.15) is 58.8 Å². The number of carbonyl (C=O) groups excluding carboxylic acids is 1. The van der Waals surface area contributed by atoms with Gasteiger partial charge in [0.1, 0.15) is 0 Å². The molecule has 1 aliphatic heterocycles. The number of carbonyl (C=O) groups is 1. The standard InChI is InChI=1S/C20H37N5O/c1-3-20(9-5-6-10-20)16-22-19(21-4-2)25-13-11-24(12-14-25)15-18(26)23-17-7-8-17/h17H,3-16H2,1-2H3,(H,21,22)(H,23,26). The van der Waals surface area contributed by atoms with Gasteiger partial charge in [-0.15, -0.1) is 0 Å². The molecule has 3 fully saturated rings. The molecule has 26 heavy (non-hydrogen) atoms. The number of aliphatic imine (C=N–C) groups is 1. The molecule has 0 unspecified atom stereocenters. The van der Waals surface area contributed by atoms with Crippen LogP contribution in [0.15, 0.2) is 4.99 Å². The molecule has 3 rings (SSSR count). The number of nitrogens with one attached hydrogen (secondary N) is 2. The zero-order valence-corrected chi connectivity index (χ0v) is 16.7. The van der Waals surface area contributed by atoms with Crippen LogP contribution >= 0.6 is 0 Å². The first-order valence-electron chi connectivity index (χ1n) is 10.7. The Morgan fingerprint density at radius 2 is 1.81 bits per heavy atom. The van der Waals surface area contributed by atoms with Gasteiger partial charge in [0.05, 0.1) is 6.54 Å². The molecule has 6 heteroatoms. The van der Waals surface area contributed by atoms with Crippen molar-refractivity contribution in [1.82, 2.24) is 20.4 Å². The van der Waals surface area contributed by atoms with Crippen molar-refractivity contribution in [2.45, 2.75) is 64.8 Å². The summed E-state index contributed by atoms with van der Waals surface area (Å²) in [4.78, 5) is 21.7. The molecule has 0 bridgehead atoms. The lowest BCUT2D eigenvalue weighted by Gasteiger charge is -2.36. The third-order valence-electron chi connectivity index (χ3n) is 6.29. The SMILES string of the molecule is CCNC(=NCC1(CC)CCCC1)N1CCN(CC(=O)NC2CC2)CC1. The van der Waals surface area contributed by atoms with Crippen LogP contribution in [-0.4, -0.2) is 73.5 Å². The van der Waals surface area contributed by atoms with Crippen LogP contribution in [0.4, 0.5) is 0 Å². The normalized spacial score (nSPS) is 23.9. The highest BCUT2D eigenvalue weighted by molar-refractivity contribution is 5.80. The molecule has 1 heterocycles. The van der Waals surface area contributed by atoms with Crippen LogP contribution in [-0.2, 0) is 4.79 Å². The molecule has 148 valence electrons. The van der Waals surface area contributed by atoms with Crippen LogP contribution in [0.5, 0.6) is 0 Å². The number of rotatable bonds is 7. The molecule has 6 nitrogen and oxygen atoms in total. The van der Waals surface area contributed by atoms with Crippen LogP contribution in [0.25, 0.3) is 0 Å². The van der Waals surface area contributed by atoms with Gasteiger partial charge in [-0.2, -0.15) is 0 Å². The molecule has 0 atom stereocenters. The van der Waals surface area contributed by atoms with Gasteiger partial charge in [-0.1, -0.05) is 19.8 Å². The van der Waals surface area contributed by atoms with Crippen molar-refractivity contribution in [2.75, 3.05) is 45.8 Å². The van der Waals surface area contributed by atoms with Crippen molar-refractivity contribution >= 4 is 11.9 Å². The lowest BCUT2D eigenvalue weighted by molar-refractivity contribution is -0.122. The molecule has 3 aliphatic rings. The van der Waals surface area contributed by atoms with Crippen LogP contribution < -0.4 is 10.6 Å². The quantitative estimate of drug-likeness (QED) is 0.535. The molecule has 0 spiro atoms. The zero-order chi connectivity index (χ0) is 18.4. The monoisotopic (exact) mass is 363 g/mol. The first-order valence-corrected chi connectivity index (χ1v) is 10.7. The van der Waals surface area contributed by atoms with Gasteiger partial charge in [0.15, 0.2) is 5.96 Å². The Balaban J connectivity index is 1.49. The number of amides is 1. The third-order valence-corrected chi connectivity index (χ3v) is 6.29. The summed E-state index contributed by atoms with van der Waals surface area (Å²) >= 11 is 0. The van der Waals surface area contributed by atoms with Gasteiger partial charge in [-0.25, -0.2) is 0 Å². The molecule has 1 saturated heterocycles. The topological polar surface area (TPSA) is 60.0 Å². The second-order valence-electron chi connectivity index (χ2n) is 8.34. The summed E-state index contributed by atoms with van der Waals surface area (Å²) in [5, 5.41) is 6.57. The van der Waals surface area contributed by atoms with Gasteiger partial charge in [0, 0.05) is 45.3 Å². The fourth-order valence-electron chi connectivity index (χ4n) is 4.24. The largest absolute Gasteiger partial charge is 0.357 e. The van der Waals surface area contributed by atoms with E-state index in [1.807, 2.05) is 0 Å². The van der Waals surface area contributed by atoms with Crippen molar-refractivity contribution in [3.63, 3.8) is 0 Å². The number of piperazine rings is 1. The maximum Gasteiger partial charge on any atom is 0.234 e. The van der Waals surface area contributed by atoms with E-state index in [1.54, 1.807) is 0 Å². The molecule has 2 saturated carbocycles. The van der Waals surface area contributed by atoms with Crippen LogP contribution in [0.3, 0.4) is 0 Å². The van der Waals surface area contributed by atoms with E-state index in [1.165, 1.54) is 32.1 Å². The second kappa shape index (κ2) is 9.07. The van der Waals surface area contributed by atoms with Gasteiger partial charge in [-0.3, -0.25) is 14.7 Å². The minimum Gasteiger partial charge on any atom is -0.357 e. The Bertz CT molecular complexity index is 488. The zero-order valence-electron chi connectivity index (χ0n) is 16.7. The van der Waals surface area contributed by atoms with Gasteiger partial charge >= 0.3 is 0 Å². The van der Waals surface area contributed by atoms with Gasteiger partial charge in [0.25, 0.3) is 0 Å². The molecule has 0 radical (unpaired) electrons. The van der Waals surface area contributed by atoms with Crippen LogP contribution in [0, 0.1) is 5.41 Å². The molecule has 0 aromatic heterocycles. The van der Waals surface area contributed by atoms with E-state index in [0.717, 1.165) is 58.1 Å². The van der Waals surface area contributed by atoms with Crippen molar-refractivity contribution in [3.05, 3.63) is 0 Å². The molecule has 2 aliphatic carbocycles. The van der Waals surface area contributed by atoms with Crippen molar-refractivity contribution in [1.29, 1.82) is 0 Å². The lowest BCUT2D eigenvalue weighted by Crippen LogP contribution is -2.54. The van der Waals surface area contributed by atoms with E-state index in [9.17, 15) is 4.79 Å². The Kier molecular flexibility index (Phi) is 6.79. The maximum absolute atomic E-state index is 12.0. The number of guanidine groups is 1. The molecular formula is C20H37N5O. The maximum atomic E-state index is 12.0. The number of hydrogen-bond donors (Lipinski definition) is 2. The Labute approximate surface area is 158 Å². The van der Waals surface area contributed by atoms with Gasteiger partial charge in [0.2, 0.25) is 5.91 Å². The average Bonchev–Trinajstić information content (AvgIpc) is 3.33. The van der Waals surface area contributed by atoms with Crippen LogP contribution in [0.2, 0.25) is 0 Å². The smallest absolute Gasteiger partial charge is 0.234 e. The Hall–Kier alpha value is -1.30. The number of nitrogens with zero attached hydrogens (tertiary/aromatic N) is 3. The summed E-state index contributed by atoms with van der Waals surface area (Å²) < 4.78 is 0. The lowest BCUT2D eigenvalue weighted by atomic mass is 9.83. The predicted octanol–water partition coefficient (Wildman–Crippen LogP) is 1.82. The average molecular weight is 364 g/mol. The minimum atomic E-state index is 0.188. The fourth-order valence-corrected chi connectivity index (χ4v) is 4.24. The molecule has 0 aromatic rings. The highest BCUT2D eigenvalue weighted by Gasteiger charge is 2.32.